The lowest BCUT2D eigenvalue weighted by Gasteiger charge is -2.25. The number of hydrogen-bond acceptors (Lipinski definition) is 6. The first-order valence-corrected chi connectivity index (χ1v) is 12.6. The normalized spacial score (nSPS) is 16.6. The van der Waals surface area contributed by atoms with Gasteiger partial charge in [-0.1, -0.05) is 46.3 Å². The third-order valence-corrected chi connectivity index (χ3v) is 6.78. The summed E-state index contributed by atoms with van der Waals surface area (Å²) in [5.74, 6) is 0.292. The van der Waals surface area contributed by atoms with Gasteiger partial charge < -0.3 is 24.2 Å². The molecule has 37 heavy (non-hydrogen) atoms. The van der Waals surface area contributed by atoms with Gasteiger partial charge >= 0.3 is 0 Å². The molecule has 0 bridgehead atoms. The Morgan fingerprint density at radius 3 is 2.24 bits per heavy atom. The number of ether oxygens (including phenoxy) is 3. The van der Waals surface area contributed by atoms with E-state index < -0.39 is 17.7 Å². The molecule has 3 aromatic carbocycles. The first-order valence-electron chi connectivity index (χ1n) is 11.9. The minimum absolute atomic E-state index is 0.0591. The molecule has 0 aliphatic carbocycles. The number of halogens is 1. The van der Waals surface area contributed by atoms with Crippen LogP contribution in [0.2, 0.25) is 0 Å². The van der Waals surface area contributed by atoms with Crippen LogP contribution in [0.3, 0.4) is 0 Å². The van der Waals surface area contributed by atoms with Gasteiger partial charge in [-0.2, -0.15) is 0 Å². The SMILES string of the molecule is CCOc1ccc([C@@H]2C(=C(O)c3ccc(Br)cc3)C(=O)C(=O)N2CCc2ccc(OC)c(OC)c2)cc1. The van der Waals surface area contributed by atoms with Gasteiger partial charge in [-0.3, -0.25) is 9.59 Å². The zero-order valence-corrected chi connectivity index (χ0v) is 22.4. The van der Waals surface area contributed by atoms with Gasteiger partial charge in [0.1, 0.15) is 11.5 Å². The number of nitrogens with zero attached hydrogens (tertiary/aromatic N) is 1. The van der Waals surface area contributed by atoms with Gasteiger partial charge in [0.25, 0.3) is 11.7 Å². The maximum absolute atomic E-state index is 13.3. The molecule has 1 saturated heterocycles. The molecule has 0 aromatic heterocycles. The number of benzene rings is 3. The highest BCUT2D eigenvalue weighted by Gasteiger charge is 2.45. The standard InChI is InChI=1S/C29H28BrNO6/c1-4-37-22-12-8-19(9-13-22)26-25(27(32)20-6-10-21(30)11-7-20)28(33)29(34)31(26)16-15-18-5-14-23(35-2)24(17-18)36-3/h5-14,17,26,32H,4,15-16H2,1-3H3/t26-/m1/s1. The van der Waals surface area contributed by atoms with E-state index >= 15 is 0 Å². The highest BCUT2D eigenvalue weighted by Crippen LogP contribution is 2.40. The molecule has 192 valence electrons. The van der Waals surface area contributed by atoms with Crippen molar-refractivity contribution in [1.82, 2.24) is 4.90 Å². The molecule has 4 rings (SSSR count). The Hall–Kier alpha value is -3.78. The molecular formula is C29H28BrNO6. The van der Waals surface area contributed by atoms with E-state index in [2.05, 4.69) is 15.9 Å². The molecule has 0 radical (unpaired) electrons. The number of carbonyl (C=O) groups excluding carboxylic acids is 2. The van der Waals surface area contributed by atoms with Crippen molar-refractivity contribution in [3.63, 3.8) is 0 Å². The average molecular weight is 566 g/mol. The lowest BCUT2D eigenvalue weighted by atomic mass is 9.95. The van der Waals surface area contributed by atoms with E-state index in [9.17, 15) is 14.7 Å². The number of hydrogen-bond donors (Lipinski definition) is 1. The van der Waals surface area contributed by atoms with Crippen LogP contribution < -0.4 is 14.2 Å². The van der Waals surface area contributed by atoms with Crippen molar-refractivity contribution in [2.45, 2.75) is 19.4 Å². The Morgan fingerprint density at radius 2 is 1.62 bits per heavy atom. The molecule has 0 unspecified atom stereocenters. The van der Waals surface area contributed by atoms with Crippen molar-refractivity contribution in [3.05, 3.63) is 93.5 Å². The maximum atomic E-state index is 13.3. The van der Waals surface area contributed by atoms with Crippen molar-refractivity contribution in [1.29, 1.82) is 0 Å². The average Bonchev–Trinajstić information content (AvgIpc) is 3.17. The molecule has 0 spiro atoms. The third kappa shape index (κ3) is 5.49. The summed E-state index contributed by atoms with van der Waals surface area (Å²) in [4.78, 5) is 28.0. The monoisotopic (exact) mass is 565 g/mol. The summed E-state index contributed by atoms with van der Waals surface area (Å²) in [6, 6.07) is 19.0. The lowest BCUT2D eigenvalue weighted by Crippen LogP contribution is -2.31. The van der Waals surface area contributed by atoms with Crippen molar-refractivity contribution >= 4 is 33.4 Å². The van der Waals surface area contributed by atoms with Crippen LogP contribution in [0, 0.1) is 0 Å². The van der Waals surface area contributed by atoms with Crippen LogP contribution in [-0.2, 0) is 16.0 Å². The predicted molar refractivity (Wildman–Crippen MR) is 144 cm³/mol. The second kappa shape index (κ2) is 11.5. The minimum Gasteiger partial charge on any atom is -0.507 e. The molecule has 1 amide bonds. The van der Waals surface area contributed by atoms with Gasteiger partial charge in [0.2, 0.25) is 0 Å². The molecule has 7 nitrogen and oxygen atoms in total. The summed E-state index contributed by atoms with van der Waals surface area (Å²) in [7, 11) is 3.13. The van der Waals surface area contributed by atoms with Crippen LogP contribution in [0.5, 0.6) is 17.2 Å². The summed E-state index contributed by atoms with van der Waals surface area (Å²) in [5, 5.41) is 11.2. The summed E-state index contributed by atoms with van der Waals surface area (Å²) in [6.45, 7) is 2.68. The second-order valence-corrected chi connectivity index (χ2v) is 9.36. The first-order chi connectivity index (χ1) is 17.9. The molecular weight excluding hydrogens is 538 g/mol. The Labute approximate surface area is 224 Å². The topological polar surface area (TPSA) is 85.3 Å². The van der Waals surface area contributed by atoms with Gasteiger partial charge in [0.15, 0.2) is 11.5 Å². The summed E-state index contributed by atoms with van der Waals surface area (Å²) >= 11 is 3.38. The van der Waals surface area contributed by atoms with E-state index in [1.54, 1.807) is 56.7 Å². The molecule has 1 heterocycles. The second-order valence-electron chi connectivity index (χ2n) is 8.44. The van der Waals surface area contributed by atoms with Gasteiger partial charge in [-0.05, 0) is 60.9 Å². The van der Waals surface area contributed by atoms with Gasteiger partial charge in [-0.25, -0.2) is 0 Å². The van der Waals surface area contributed by atoms with E-state index in [1.807, 2.05) is 31.2 Å². The van der Waals surface area contributed by atoms with E-state index in [0.717, 1.165) is 10.0 Å². The molecule has 3 aromatic rings. The number of carbonyl (C=O) groups is 2. The predicted octanol–water partition coefficient (Wildman–Crippen LogP) is 5.53. The zero-order chi connectivity index (χ0) is 26.5. The number of aliphatic hydroxyl groups is 1. The third-order valence-electron chi connectivity index (χ3n) is 6.25. The van der Waals surface area contributed by atoms with Crippen LogP contribution in [0.25, 0.3) is 5.76 Å². The smallest absolute Gasteiger partial charge is 0.295 e. The maximum Gasteiger partial charge on any atom is 0.295 e. The number of methoxy groups -OCH3 is 2. The van der Waals surface area contributed by atoms with Gasteiger partial charge in [-0.15, -0.1) is 0 Å². The fourth-order valence-corrected chi connectivity index (χ4v) is 4.68. The summed E-state index contributed by atoms with van der Waals surface area (Å²) in [6.07, 6.45) is 0.471. The number of Topliss-reactive ketones (excluding diaryl/α,β-unsaturated/α-hetero) is 1. The van der Waals surface area contributed by atoms with E-state index in [1.165, 1.54) is 4.90 Å². The number of likely N-dealkylation sites (tertiary alicyclic amines) is 1. The molecule has 1 atom stereocenters. The Bertz CT molecular complexity index is 1320. The molecule has 1 N–H and O–H groups in total. The minimum atomic E-state index is -0.750. The Balaban J connectivity index is 1.73. The number of rotatable bonds is 9. The Morgan fingerprint density at radius 1 is 0.946 bits per heavy atom. The zero-order valence-electron chi connectivity index (χ0n) is 20.9. The Kier molecular flexibility index (Phi) is 8.18. The van der Waals surface area contributed by atoms with Gasteiger partial charge in [0, 0.05) is 16.6 Å². The van der Waals surface area contributed by atoms with Crippen molar-refractivity contribution in [2.75, 3.05) is 27.4 Å². The van der Waals surface area contributed by atoms with Crippen molar-refractivity contribution in [3.8, 4) is 17.2 Å². The molecule has 1 fully saturated rings. The highest BCUT2D eigenvalue weighted by molar-refractivity contribution is 9.10. The van der Waals surface area contributed by atoms with Crippen molar-refractivity contribution < 1.29 is 28.9 Å². The van der Waals surface area contributed by atoms with Crippen molar-refractivity contribution in [2.24, 2.45) is 0 Å². The molecule has 8 heteroatoms. The van der Waals surface area contributed by atoms with Crippen LogP contribution >= 0.6 is 15.9 Å². The molecule has 0 saturated carbocycles. The first kappa shape index (κ1) is 26.3. The fourth-order valence-electron chi connectivity index (χ4n) is 4.42. The number of amides is 1. The molecule has 1 aliphatic rings. The van der Waals surface area contributed by atoms with Crippen LogP contribution in [0.4, 0.5) is 0 Å². The lowest BCUT2D eigenvalue weighted by molar-refractivity contribution is -0.139. The van der Waals surface area contributed by atoms with Crippen LogP contribution in [0.15, 0.2) is 76.8 Å². The van der Waals surface area contributed by atoms with E-state index in [4.69, 9.17) is 14.2 Å². The van der Waals surface area contributed by atoms with Crippen LogP contribution in [0.1, 0.15) is 29.7 Å². The number of aliphatic hydroxyl groups excluding tert-OH is 1. The molecule has 1 aliphatic heterocycles. The highest BCUT2D eigenvalue weighted by atomic mass is 79.9. The van der Waals surface area contributed by atoms with E-state index in [-0.39, 0.29) is 17.9 Å². The largest absolute Gasteiger partial charge is 0.507 e. The van der Waals surface area contributed by atoms with Crippen LogP contribution in [-0.4, -0.2) is 49.1 Å². The quantitative estimate of drug-likeness (QED) is 0.208. The van der Waals surface area contributed by atoms with E-state index in [0.29, 0.717) is 41.4 Å². The number of ketones is 1. The fraction of sp³-hybridized carbons (Fsp3) is 0.241. The van der Waals surface area contributed by atoms with Gasteiger partial charge in [0.05, 0.1) is 32.4 Å². The summed E-state index contributed by atoms with van der Waals surface area (Å²) < 4.78 is 17.1. The summed E-state index contributed by atoms with van der Waals surface area (Å²) in [5.41, 5.74) is 2.13.